The van der Waals surface area contributed by atoms with Crippen molar-refractivity contribution in [3.8, 4) is 5.75 Å². The Kier molecular flexibility index (Phi) is 4.76. The normalized spacial score (nSPS) is 22.9. The summed E-state index contributed by atoms with van der Waals surface area (Å²) >= 11 is 0. The maximum Gasteiger partial charge on any atom is 0.228 e. The van der Waals surface area contributed by atoms with Crippen LogP contribution in [0.4, 0.5) is 5.69 Å². The summed E-state index contributed by atoms with van der Waals surface area (Å²) in [4.78, 5) is 42.8. The lowest BCUT2D eigenvalue weighted by atomic mass is 10.1. The van der Waals surface area contributed by atoms with E-state index in [-0.39, 0.29) is 36.0 Å². The standard InChI is InChI=1S/C20H25N3O4/c1-27-17-6-4-16(5-7-17)23-13-15(12-18(23)24)20(26)22-10-8-21(9-11-22)19(25)14-2-3-14/h4-7,14-15H,2-3,8-13H2,1H3/t15-/m0/s1. The summed E-state index contributed by atoms with van der Waals surface area (Å²) < 4.78 is 5.15. The van der Waals surface area contributed by atoms with E-state index in [1.54, 1.807) is 12.0 Å². The van der Waals surface area contributed by atoms with Gasteiger partial charge in [0.25, 0.3) is 0 Å². The molecule has 3 aliphatic rings. The Morgan fingerprint density at radius 2 is 1.48 bits per heavy atom. The van der Waals surface area contributed by atoms with Gasteiger partial charge in [0.15, 0.2) is 0 Å². The van der Waals surface area contributed by atoms with Crippen LogP contribution in [0.2, 0.25) is 0 Å². The Morgan fingerprint density at radius 3 is 2.00 bits per heavy atom. The Hall–Kier alpha value is -2.57. The minimum Gasteiger partial charge on any atom is -0.497 e. The lowest BCUT2D eigenvalue weighted by Crippen LogP contribution is -2.52. The topological polar surface area (TPSA) is 70.2 Å². The van der Waals surface area contributed by atoms with E-state index < -0.39 is 0 Å². The summed E-state index contributed by atoms with van der Waals surface area (Å²) in [5, 5.41) is 0. The number of carbonyl (C=O) groups excluding carboxylic acids is 3. The van der Waals surface area contributed by atoms with Gasteiger partial charge in [-0.1, -0.05) is 0 Å². The third kappa shape index (κ3) is 3.63. The van der Waals surface area contributed by atoms with Gasteiger partial charge in [0, 0.05) is 50.7 Å². The average Bonchev–Trinajstić information content (AvgIpc) is 3.49. The van der Waals surface area contributed by atoms with Gasteiger partial charge < -0.3 is 19.4 Å². The van der Waals surface area contributed by atoms with Crippen molar-refractivity contribution in [2.75, 3.05) is 44.7 Å². The second-order valence-corrected chi connectivity index (χ2v) is 7.53. The molecule has 2 saturated heterocycles. The van der Waals surface area contributed by atoms with Crippen LogP contribution in [-0.2, 0) is 14.4 Å². The monoisotopic (exact) mass is 371 g/mol. The van der Waals surface area contributed by atoms with E-state index in [0.29, 0.717) is 32.7 Å². The minimum atomic E-state index is -0.315. The molecule has 0 aromatic heterocycles. The van der Waals surface area contributed by atoms with Crippen molar-refractivity contribution in [1.29, 1.82) is 0 Å². The number of ether oxygens (including phenoxy) is 1. The Morgan fingerprint density at radius 1 is 0.926 bits per heavy atom. The third-order valence-electron chi connectivity index (χ3n) is 5.69. The van der Waals surface area contributed by atoms with E-state index in [0.717, 1.165) is 24.3 Å². The number of carbonyl (C=O) groups is 3. The van der Waals surface area contributed by atoms with E-state index in [1.165, 1.54) is 0 Å². The number of anilines is 1. The molecule has 3 amide bonds. The number of piperazine rings is 1. The molecular formula is C20H25N3O4. The van der Waals surface area contributed by atoms with Gasteiger partial charge in [0.1, 0.15) is 5.75 Å². The van der Waals surface area contributed by atoms with Crippen LogP contribution < -0.4 is 9.64 Å². The molecular weight excluding hydrogens is 346 g/mol. The zero-order chi connectivity index (χ0) is 19.0. The van der Waals surface area contributed by atoms with Crippen molar-refractivity contribution in [3.63, 3.8) is 0 Å². The van der Waals surface area contributed by atoms with E-state index in [2.05, 4.69) is 0 Å². The molecule has 0 N–H and O–H groups in total. The summed E-state index contributed by atoms with van der Waals surface area (Å²) in [7, 11) is 1.60. The molecule has 144 valence electrons. The smallest absolute Gasteiger partial charge is 0.228 e. The van der Waals surface area contributed by atoms with Crippen LogP contribution in [0.25, 0.3) is 0 Å². The molecule has 0 unspecified atom stereocenters. The molecule has 7 nitrogen and oxygen atoms in total. The molecule has 0 bridgehead atoms. The summed E-state index contributed by atoms with van der Waals surface area (Å²) in [6.07, 6.45) is 2.25. The number of rotatable bonds is 4. The predicted octanol–water partition coefficient (Wildman–Crippen LogP) is 1.13. The number of amides is 3. The number of hydrogen-bond donors (Lipinski definition) is 0. The van der Waals surface area contributed by atoms with Crippen LogP contribution in [-0.4, -0.2) is 67.4 Å². The molecule has 2 heterocycles. The Balaban J connectivity index is 1.34. The SMILES string of the molecule is COc1ccc(N2C[C@@H](C(=O)N3CCN(C(=O)C4CC4)CC3)CC2=O)cc1. The van der Waals surface area contributed by atoms with Crippen molar-refractivity contribution in [2.45, 2.75) is 19.3 Å². The van der Waals surface area contributed by atoms with Gasteiger partial charge in [-0.05, 0) is 37.1 Å². The molecule has 2 aliphatic heterocycles. The van der Waals surface area contributed by atoms with Gasteiger partial charge in [-0.15, -0.1) is 0 Å². The first-order chi connectivity index (χ1) is 13.1. The molecule has 27 heavy (non-hydrogen) atoms. The van der Waals surface area contributed by atoms with Crippen LogP contribution in [0, 0.1) is 11.8 Å². The van der Waals surface area contributed by atoms with E-state index >= 15 is 0 Å². The minimum absolute atomic E-state index is 0.0258. The van der Waals surface area contributed by atoms with E-state index in [9.17, 15) is 14.4 Å². The van der Waals surface area contributed by atoms with Gasteiger partial charge in [0.05, 0.1) is 13.0 Å². The summed E-state index contributed by atoms with van der Waals surface area (Å²) in [6, 6.07) is 7.30. The van der Waals surface area contributed by atoms with Crippen molar-refractivity contribution in [2.24, 2.45) is 11.8 Å². The first kappa shape index (κ1) is 17.8. The van der Waals surface area contributed by atoms with E-state index in [4.69, 9.17) is 4.74 Å². The van der Waals surface area contributed by atoms with Gasteiger partial charge in [-0.2, -0.15) is 0 Å². The van der Waals surface area contributed by atoms with Crippen LogP contribution in [0.1, 0.15) is 19.3 Å². The zero-order valence-electron chi connectivity index (χ0n) is 15.6. The largest absolute Gasteiger partial charge is 0.497 e. The molecule has 7 heteroatoms. The Bertz CT molecular complexity index is 736. The molecule has 3 fully saturated rings. The maximum atomic E-state index is 12.9. The second kappa shape index (κ2) is 7.21. The summed E-state index contributed by atoms with van der Waals surface area (Å²) in [5.74, 6) is 0.877. The highest BCUT2D eigenvalue weighted by molar-refractivity contribution is 6.00. The van der Waals surface area contributed by atoms with E-state index in [1.807, 2.05) is 34.1 Å². The van der Waals surface area contributed by atoms with Crippen LogP contribution >= 0.6 is 0 Å². The quantitative estimate of drug-likeness (QED) is 0.796. The number of methoxy groups -OCH3 is 1. The summed E-state index contributed by atoms with van der Waals surface area (Å²) in [6.45, 7) is 2.73. The first-order valence-corrected chi connectivity index (χ1v) is 9.59. The van der Waals surface area contributed by atoms with Crippen LogP contribution in [0.3, 0.4) is 0 Å². The highest BCUT2D eigenvalue weighted by Gasteiger charge is 2.39. The fourth-order valence-electron chi connectivity index (χ4n) is 3.88. The van der Waals surface area contributed by atoms with Gasteiger partial charge in [0.2, 0.25) is 17.7 Å². The Labute approximate surface area is 158 Å². The number of nitrogens with zero attached hydrogens (tertiary/aromatic N) is 3. The van der Waals surface area contributed by atoms with Crippen molar-refractivity contribution < 1.29 is 19.1 Å². The van der Waals surface area contributed by atoms with Gasteiger partial charge >= 0.3 is 0 Å². The molecule has 0 spiro atoms. The predicted molar refractivity (Wildman–Crippen MR) is 99.3 cm³/mol. The van der Waals surface area contributed by atoms with Crippen LogP contribution in [0.15, 0.2) is 24.3 Å². The highest BCUT2D eigenvalue weighted by Crippen LogP contribution is 2.32. The lowest BCUT2D eigenvalue weighted by molar-refractivity contribution is -0.142. The van der Waals surface area contributed by atoms with Crippen LogP contribution in [0.5, 0.6) is 5.75 Å². The molecule has 1 aliphatic carbocycles. The van der Waals surface area contributed by atoms with Gasteiger partial charge in [-0.25, -0.2) is 0 Å². The third-order valence-corrected chi connectivity index (χ3v) is 5.69. The molecule has 1 saturated carbocycles. The average molecular weight is 371 g/mol. The fourth-order valence-corrected chi connectivity index (χ4v) is 3.88. The maximum absolute atomic E-state index is 12.9. The summed E-state index contributed by atoms with van der Waals surface area (Å²) in [5.41, 5.74) is 0.788. The molecule has 0 radical (unpaired) electrons. The highest BCUT2D eigenvalue weighted by atomic mass is 16.5. The molecule has 4 rings (SSSR count). The van der Waals surface area contributed by atoms with Gasteiger partial charge in [-0.3, -0.25) is 14.4 Å². The molecule has 1 atom stereocenters. The van der Waals surface area contributed by atoms with Crippen molar-refractivity contribution in [3.05, 3.63) is 24.3 Å². The van der Waals surface area contributed by atoms with Crippen molar-refractivity contribution >= 4 is 23.4 Å². The first-order valence-electron chi connectivity index (χ1n) is 9.59. The molecule has 1 aromatic carbocycles. The number of benzene rings is 1. The number of hydrogen-bond acceptors (Lipinski definition) is 4. The molecule has 1 aromatic rings. The zero-order valence-corrected chi connectivity index (χ0v) is 15.6. The fraction of sp³-hybridized carbons (Fsp3) is 0.550. The lowest BCUT2D eigenvalue weighted by Gasteiger charge is -2.36. The van der Waals surface area contributed by atoms with Crippen molar-refractivity contribution in [1.82, 2.24) is 9.80 Å². The second-order valence-electron chi connectivity index (χ2n) is 7.53.